The zero-order valence-corrected chi connectivity index (χ0v) is 14.1. The molecule has 6 nitrogen and oxygen atoms in total. The molecule has 0 heterocycles. The third kappa shape index (κ3) is 5.62. The number of likely N-dealkylation sites (N-methyl/N-ethyl adjacent to an activating group) is 1. The summed E-state index contributed by atoms with van der Waals surface area (Å²) in [5, 5.41) is 17.7. The minimum atomic E-state index is -1.56. The Balaban J connectivity index is 1.90. The monoisotopic (exact) mass is 359 g/mol. The Bertz CT molecular complexity index is 800. The molecule has 2 aromatic carbocycles. The molecular weight excluding hydrogens is 341 g/mol. The van der Waals surface area contributed by atoms with E-state index in [4.69, 9.17) is 14.9 Å². The van der Waals surface area contributed by atoms with Crippen LogP contribution in [0.2, 0.25) is 0 Å². The fraction of sp³-hybridized carbons (Fsp3) is 0.158. The number of hydrogen-bond acceptors (Lipinski definition) is 4. The van der Waals surface area contributed by atoms with Crippen molar-refractivity contribution < 1.29 is 28.9 Å². The number of hydrogen-bond donors (Lipinski definition) is 2. The standard InChI is InChI=1S/C19H18FNO5/c1-21(18(23)10-17(22)19(24)25)11-13-4-8-16(9-5-13)26-12-14-2-6-15(20)7-3-14/h2-10,22H,11-12H2,1H3,(H,24,25). The minimum absolute atomic E-state index is 0.237. The van der Waals surface area contributed by atoms with E-state index >= 15 is 0 Å². The van der Waals surface area contributed by atoms with Gasteiger partial charge in [-0.2, -0.15) is 0 Å². The van der Waals surface area contributed by atoms with E-state index in [0.29, 0.717) is 18.4 Å². The highest BCUT2D eigenvalue weighted by atomic mass is 19.1. The number of aliphatic hydroxyl groups is 1. The van der Waals surface area contributed by atoms with Crippen molar-refractivity contribution in [3.05, 3.63) is 77.3 Å². The molecule has 2 N–H and O–H groups in total. The average molecular weight is 359 g/mol. The maximum atomic E-state index is 12.8. The molecular formula is C19H18FNO5. The van der Waals surface area contributed by atoms with Crippen LogP contribution in [0.4, 0.5) is 4.39 Å². The largest absolute Gasteiger partial charge is 0.502 e. The molecule has 0 aliphatic heterocycles. The molecule has 7 heteroatoms. The van der Waals surface area contributed by atoms with E-state index in [-0.39, 0.29) is 12.4 Å². The summed E-state index contributed by atoms with van der Waals surface area (Å²) >= 11 is 0. The smallest absolute Gasteiger partial charge is 0.371 e. The first kappa shape index (κ1) is 19.0. The molecule has 136 valence electrons. The molecule has 0 saturated carbocycles. The van der Waals surface area contributed by atoms with Gasteiger partial charge in [0.1, 0.15) is 18.2 Å². The zero-order valence-electron chi connectivity index (χ0n) is 14.1. The van der Waals surface area contributed by atoms with Gasteiger partial charge in [-0.25, -0.2) is 9.18 Å². The Labute approximate surface area is 149 Å². The molecule has 2 aromatic rings. The number of halogens is 1. The number of ether oxygens (including phenoxy) is 1. The van der Waals surface area contributed by atoms with Crippen molar-refractivity contribution in [1.29, 1.82) is 0 Å². The van der Waals surface area contributed by atoms with Gasteiger partial charge in [-0.3, -0.25) is 4.79 Å². The molecule has 2 rings (SSSR count). The van der Waals surface area contributed by atoms with Gasteiger partial charge >= 0.3 is 5.97 Å². The molecule has 0 radical (unpaired) electrons. The lowest BCUT2D eigenvalue weighted by atomic mass is 10.2. The first-order valence-corrected chi connectivity index (χ1v) is 7.70. The predicted octanol–water partition coefficient (Wildman–Crippen LogP) is 2.89. The maximum absolute atomic E-state index is 12.8. The Morgan fingerprint density at radius 3 is 2.19 bits per heavy atom. The number of aliphatic hydroxyl groups excluding tert-OH is 1. The lowest BCUT2D eigenvalue weighted by Crippen LogP contribution is -2.25. The summed E-state index contributed by atoms with van der Waals surface area (Å²) in [5.41, 5.74) is 1.64. The number of rotatable bonds is 7. The van der Waals surface area contributed by atoms with Crippen molar-refractivity contribution in [2.75, 3.05) is 7.05 Å². The summed E-state index contributed by atoms with van der Waals surface area (Å²) in [6, 6.07) is 13.0. The molecule has 26 heavy (non-hydrogen) atoms. The highest BCUT2D eigenvalue weighted by Gasteiger charge is 2.11. The average Bonchev–Trinajstić information content (AvgIpc) is 2.62. The minimum Gasteiger partial charge on any atom is -0.502 e. The molecule has 0 aliphatic carbocycles. The maximum Gasteiger partial charge on any atom is 0.371 e. The predicted molar refractivity (Wildman–Crippen MR) is 92.0 cm³/mol. The normalized spacial score (nSPS) is 11.1. The van der Waals surface area contributed by atoms with E-state index in [2.05, 4.69) is 0 Å². The summed E-state index contributed by atoms with van der Waals surface area (Å²) < 4.78 is 18.5. The van der Waals surface area contributed by atoms with Crippen molar-refractivity contribution in [2.45, 2.75) is 13.2 Å². The molecule has 1 amide bonds. The summed E-state index contributed by atoms with van der Waals surface area (Å²) in [7, 11) is 1.49. The quantitative estimate of drug-likeness (QED) is 0.586. The number of amides is 1. The molecule has 0 fully saturated rings. The van der Waals surface area contributed by atoms with E-state index in [1.165, 1.54) is 24.1 Å². The number of carbonyl (C=O) groups excluding carboxylic acids is 1. The SMILES string of the molecule is CN(Cc1ccc(OCc2ccc(F)cc2)cc1)C(=O)C=C(O)C(=O)O. The van der Waals surface area contributed by atoms with E-state index in [1.807, 2.05) is 0 Å². The molecule has 0 unspecified atom stereocenters. The van der Waals surface area contributed by atoms with Crippen LogP contribution < -0.4 is 4.74 Å². The fourth-order valence-corrected chi connectivity index (χ4v) is 2.08. The second-order valence-electron chi connectivity index (χ2n) is 5.59. The number of carbonyl (C=O) groups is 2. The lowest BCUT2D eigenvalue weighted by Gasteiger charge is -2.15. The van der Waals surface area contributed by atoms with Crippen molar-refractivity contribution in [3.63, 3.8) is 0 Å². The zero-order chi connectivity index (χ0) is 19.1. The molecule has 0 bridgehead atoms. The van der Waals surface area contributed by atoms with E-state index in [9.17, 15) is 14.0 Å². The van der Waals surface area contributed by atoms with E-state index in [1.54, 1.807) is 36.4 Å². The van der Waals surface area contributed by atoms with Gasteiger partial charge in [-0.15, -0.1) is 0 Å². The van der Waals surface area contributed by atoms with Gasteiger partial charge in [0, 0.05) is 13.6 Å². The summed E-state index contributed by atoms with van der Waals surface area (Å²) in [4.78, 5) is 23.6. The van der Waals surface area contributed by atoms with Crippen molar-refractivity contribution in [1.82, 2.24) is 4.90 Å². The Kier molecular flexibility index (Phi) is 6.32. The van der Waals surface area contributed by atoms with E-state index < -0.39 is 17.6 Å². The first-order chi connectivity index (χ1) is 12.3. The third-order valence-electron chi connectivity index (χ3n) is 3.52. The van der Waals surface area contributed by atoms with Gasteiger partial charge < -0.3 is 19.8 Å². The van der Waals surface area contributed by atoms with Crippen LogP contribution in [0, 0.1) is 5.82 Å². The van der Waals surface area contributed by atoms with Crippen LogP contribution in [0.1, 0.15) is 11.1 Å². The molecule has 0 saturated heterocycles. The Hall–Kier alpha value is -3.35. The summed E-state index contributed by atoms with van der Waals surface area (Å²) in [5.74, 6) is -2.87. The Morgan fingerprint density at radius 1 is 1.04 bits per heavy atom. The topological polar surface area (TPSA) is 87.1 Å². The van der Waals surface area contributed by atoms with Crippen LogP contribution in [-0.4, -0.2) is 34.0 Å². The highest BCUT2D eigenvalue weighted by Crippen LogP contribution is 2.15. The van der Waals surface area contributed by atoms with Gasteiger partial charge in [0.15, 0.2) is 0 Å². The molecule has 0 aromatic heterocycles. The molecule has 0 atom stereocenters. The van der Waals surface area contributed by atoms with Crippen LogP contribution in [-0.2, 0) is 22.7 Å². The summed E-state index contributed by atoms with van der Waals surface area (Å²) in [6.45, 7) is 0.539. The van der Waals surface area contributed by atoms with Gasteiger partial charge in [0.2, 0.25) is 5.76 Å². The highest BCUT2D eigenvalue weighted by molar-refractivity contribution is 5.95. The number of benzene rings is 2. The number of aliphatic carboxylic acids is 1. The van der Waals surface area contributed by atoms with Gasteiger partial charge in [-0.05, 0) is 35.4 Å². The summed E-state index contributed by atoms with van der Waals surface area (Å²) in [6.07, 6.45) is 0.655. The van der Waals surface area contributed by atoms with Gasteiger partial charge in [-0.1, -0.05) is 24.3 Å². The van der Waals surface area contributed by atoms with Crippen molar-refractivity contribution >= 4 is 11.9 Å². The van der Waals surface area contributed by atoms with Gasteiger partial charge in [0.25, 0.3) is 5.91 Å². The Morgan fingerprint density at radius 2 is 1.62 bits per heavy atom. The van der Waals surface area contributed by atoms with Crippen molar-refractivity contribution in [3.8, 4) is 5.75 Å². The number of carboxylic acid groups (broad SMARTS) is 1. The van der Waals surface area contributed by atoms with Crippen LogP contribution in [0.15, 0.2) is 60.4 Å². The van der Waals surface area contributed by atoms with Crippen LogP contribution >= 0.6 is 0 Å². The van der Waals surface area contributed by atoms with Crippen LogP contribution in [0.25, 0.3) is 0 Å². The molecule has 0 aliphatic rings. The molecule has 0 spiro atoms. The fourth-order valence-electron chi connectivity index (χ4n) is 2.08. The van der Waals surface area contributed by atoms with E-state index in [0.717, 1.165) is 11.1 Å². The lowest BCUT2D eigenvalue weighted by molar-refractivity contribution is -0.136. The van der Waals surface area contributed by atoms with Crippen molar-refractivity contribution in [2.24, 2.45) is 0 Å². The van der Waals surface area contributed by atoms with Crippen LogP contribution in [0.5, 0.6) is 5.75 Å². The van der Waals surface area contributed by atoms with Crippen LogP contribution in [0.3, 0.4) is 0 Å². The third-order valence-corrected chi connectivity index (χ3v) is 3.52. The second-order valence-corrected chi connectivity index (χ2v) is 5.59. The van der Waals surface area contributed by atoms with Gasteiger partial charge in [0.05, 0.1) is 6.08 Å². The second kappa shape index (κ2) is 8.66. The number of carboxylic acids is 1. The first-order valence-electron chi connectivity index (χ1n) is 7.70. The number of nitrogens with zero attached hydrogens (tertiary/aromatic N) is 1.